The highest BCUT2D eigenvalue weighted by atomic mass is 15.3. The van der Waals surface area contributed by atoms with Crippen molar-refractivity contribution < 1.29 is 0 Å². The van der Waals surface area contributed by atoms with E-state index < -0.39 is 0 Å². The van der Waals surface area contributed by atoms with Crippen LogP contribution in [0.2, 0.25) is 0 Å². The van der Waals surface area contributed by atoms with Crippen LogP contribution in [0.15, 0.2) is 18.7 Å². The molecule has 1 atom stereocenters. The van der Waals surface area contributed by atoms with Crippen LogP contribution in [0, 0.1) is 0 Å². The van der Waals surface area contributed by atoms with E-state index in [1.165, 1.54) is 0 Å². The summed E-state index contributed by atoms with van der Waals surface area (Å²) < 4.78 is 1.78. The average molecular weight is 289 g/mol. The molecule has 0 aliphatic rings. The number of imidazole rings is 1. The van der Waals surface area contributed by atoms with Crippen molar-refractivity contribution in [3.63, 3.8) is 0 Å². The quantitative estimate of drug-likeness (QED) is 0.841. The number of hydrogen-bond acceptors (Lipinski definition) is 6. The number of rotatable bonds is 7. The third kappa shape index (κ3) is 3.68. The van der Waals surface area contributed by atoms with Gasteiger partial charge < -0.3 is 10.2 Å². The van der Waals surface area contributed by atoms with Crippen LogP contribution in [0.25, 0.3) is 5.95 Å². The zero-order valence-electron chi connectivity index (χ0n) is 13.1. The Hall–Kier alpha value is -2.18. The largest absolute Gasteiger partial charge is 0.354 e. The third-order valence-corrected chi connectivity index (χ3v) is 3.45. The van der Waals surface area contributed by atoms with E-state index in [1.807, 2.05) is 13.2 Å². The van der Waals surface area contributed by atoms with Crippen molar-refractivity contribution in [2.24, 2.45) is 0 Å². The second kappa shape index (κ2) is 7.01. The van der Waals surface area contributed by atoms with Gasteiger partial charge in [-0.05, 0) is 19.8 Å². The summed E-state index contributed by atoms with van der Waals surface area (Å²) in [6.45, 7) is 7.24. The maximum atomic E-state index is 4.54. The molecule has 21 heavy (non-hydrogen) atoms. The summed E-state index contributed by atoms with van der Waals surface area (Å²) in [5.74, 6) is 1.84. The molecule has 2 heterocycles. The smallest absolute Gasteiger partial charge is 0.241 e. The van der Waals surface area contributed by atoms with Crippen LogP contribution in [-0.2, 0) is 0 Å². The number of anilines is 2. The maximum Gasteiger partial charge on any atom is 0.241 e. The maximum absolute atomic E-state index is 4.54. The summed E-state index contributed by atoms with van der Waals surface area (Å²) >= 11 is 0. The lowest BCUT2D eigenvalue weighted by molar-refractivity contribution is 0.645. The first-order valence-corrected chi connectivity index (χ1v) is 7.36. The predicted molar refractivity (Wildman–Crippen MR) is 83.9 cm³/mol. The Labute approximate surface area is 125 Å². The Bertz CT molecular complexity index is 552. The van der Waals surface area contributed by atoms with E-state index in [2.05, 4.69) is 50.9 Å². The molecule has 7 heteroatoms. The normalized spacial score (nSPS) is 12.2. The fourth-order valence-corrected chi connectivity index (χ4v) is 1.79. The molecule has 0 aromatic carbocycles. The minimum Gasteiger partial charge on any atom is -0.354 e. The number of nitrogens with zero attached hydrogens (tertiary/aromatic N) is 6. The Kier molecular flexibility index (Phi) is 5.08. The second-order valence-electron chi connectivity index (χ2n) is 5.02. The van der Waals surface area contributed by atoms with Crippen molar-refractivity contribution in [1.82, 2.24) is 24.5 Å². The lowest BCUT2D eigenvalue weighted by Gasteiger charge is -2.24. The van der Waals surface area contributed by atoms with Gasteiger partial charge in [0.15, 0.2) is 0 Å². The standard InChI is InChI=1S/C14H23N7/c1-5-7-16-12-17-13(20(4)11(3)6-2)19-14(18-12)21-9-8-15-10-21/h8-11H,5-7H2,1-4H3,(H,16,17,18,19). The fourth-order valence-electron chi connectivity index (χ4n) is 1.79. The molecule has 2 aromatic rings. The van der Waals surface area contributed by atoms with Crippen molar-refractivity contribution in [2.75, 3.05) is 23.8 Å². The SMILES string of the molecule is CCCNc1nc(N(C)C(C)CC)nc(-n2ccnc2)n1. The van der Waals surface area contributed by atoms with Crippen molar-refractivity contribution in [3.8, 4) is 5.95 Å². The van der Waals surface area contributed by atoms with E-state index in [-0.39, 0.29) is 0 Å². The van der Waals surface area contributed by atoms with Crippen LogP contribution < -0.4 is 10.2 Å². The minimum atomic E-state index is 0.363. The zero-order chi connectivity index (χ0) is 15.2. The van der Waals surface area contributed by atoms with E-state index in [0.29, 0.717) is 23.9 Å². The highest BCUT2D eigenvalue weighted by Crippen LogP contribution is 2.15. The topological polar surface area (TPSA) is 71.8 Å². The predicted octanol–water partition coefficient (Wildman–Crippen LogP) is 2.11. The van der Waals surface area contributed by atoms with Gasteiger partial charge in [0.2, 0.25) is 17.8 Å². The first kappa shape index (κ1) is 15.2. The molecule has 0 radical (unpaired) electrons. The van der Waals surface area contributed by atoms with Crippen LogP contribution in [0.3, 0.4) is 0 Å². The molecule has 2 aromatic heterocycles. The van der Waals surface area contributed by atoms with Crippen molar-refractivity contribution in [1.29, 1.82) is 0 Å². The molecule has 0 aliphatic carbocycles. The molecule has 1 N–H and O–H groups in total. The monoisotopic (exact) mass is 289 g/mol. The Morgan fingerprint density at radius 2 is 2.10 bits per heavy atom. The van der Waals surface area contributed by atoms with Crippen molar-refractivity contribution in [2.45, 2.75) is 39.7 Å². The molecule has 1 unspecified atom stereocenters. The Morgan fingerprint density at radius 3 is 2.71 bits per heavy atom. The van der Waals surface area contributed by atoms with Gasteiger partial charge in [-0.3, -0.25) is 4.57 Å². The zero-order valence-corrected chi connectivity index (χ0v) is 13.1. The lowest BCUT2D eigenvalue weighted by atomic mass is 10.2. The van der Waals surface area contributed by atoms with Gasteiger partial charge in [0, 0.05) is 32.0 Å². The summed E-state index contributed by atoms with van der Waals surface area (Å²) in [5.41, 5.74) is 0. The first-order valence-electron chi connectivity index (χ1n) is 7.36. The highest BCUT2D eigenvalue weighted by Gasteiger charge is 2.14. The molecule has 114 valence electrons. The van der Waals surface area contributed by atoms with Gasteiger partial charge >= 0.3 is 0 Å². The Morgan fingerprint density at radius 1 is 1.29 bits per heavy atom. The molecule has 2 rings (SSSR count). The minimum absolute atomic E-state index is 0.363. The summed E-state index contributed by atoms with van der Waals surface area (Å²) in [5, 5.41) is 3.23. The molecular weight excluding hydrogens is 266 g/mol. The van der Waals surface area contributed by atoms with Crippen LogP contribution in [0.5, 0.6) is 0 Å². The van der Waals surface area contributed by atoms with Gasteiger partial charge in [-0.15, -0.1) is 0 Å². The van der Waals surface area contributed by atoms with E-state index in [4.69, 9.17) is 0 Å². The molecule has 0 saturated heterocycles. The van der Waals surface area contributed by atoms with Crippen molar-refractivity contribution in [3.05, 3.63) is 18.7 Å². The highest BCUT2D eigenvalue weighted by molar-refractivity contribution is 5.40. The molecule has 0 fully saturated rings. The summed E-state index contributed by atoms with van der Waals surface area (Å²) in [6.07, 6.45) is 7.27. The van der Waals surface area contributed by atoms with Crippen LogP contribution in [0.4, 0.5) is 11.9 Å². The molecule has 0 aliphatic heterocycles. The average Bonchev–Trinajstić information content (AvgIpc) is 3.05. The lowest BCUT2D eigenvalue weighted by Crippen LogP contribution is -2.30. The molecule has 0 amide bonds. The summed E-state index contributed by atoms with van der Waals surface area (Å²) in [4.78, 5) is 19.6. The van der Waals surface area contributed by atoms with E-state index in [0.717, 1.165) is 19.4 Å². The number of hydrogen-bond donors (Lipinski definition) is 1. The van der Waals surface area contributed by atoms with Crippen LogP contribution in [-0.4, -0.2) is 44.1 Å². The van der Waals surface area contributed by atoms with Crippen LogP contribution in [0.1, 0.15) is 33.6 Å². The Balaban J connectivity index is 2.37. The third-order valence-electron chi connectivity index (χ3n) is 3.45. The molecule has 0 saturated carbocycles. The molecule has 0 bridgehead atoms. The number of aromatic nitrogens is 5. The van der Waals surface area contributed by atoms with E-state index in [1.54, 1.807) is 17.1 Å². The second-order valence-corrected chi connectivity index (χ2v) is 5.02. The summed E-state index contributed by atoms with van der Waals surface area (Å²) in [7, 11) is 2.00. The van der Waals surface area contributed by atoms with Gasteiger partial charge in [-0.1, -0.05) is 13.8 Å². The van der Waals surface area contributed by atoms with E-state index >= 15 is 0 Å². The van der Waals surface area contributed by atoms with E-state index in [9.17, 15) is 0 Å². The molecule has 7 nitrogen and oxygen atoms in total. The van der Waals surface area contributed by atoms with Crippen LogP contribution >= 0.6 is 0 Å². The van der Waals surface area contributed by atoms with Gasteiger partial charge in [-0.2, -0.15) is 15.0 Å². The first-order chi connectivity index (χ1) is 10.2. The molecule has 0 spiro atoms. The van der Waals surface area contributed by atoms with Gasteiger partial charge in [0.25, 0.3) is 0 Å². The van der Waals surface area contributed by atoms with Gasteiger partial charge in [-0.25, -0.2) is 4.98 Å². The fraction of sp³-hybridized carbons (Fsp3) is 0.571. The summed E-state index contributed by atoms with van der Waals surface area (Å²) in [6, 6.07) is 0.363. The molecular formula is C14H23N7. The van der Waals surface area contributed by atoms with Gasteiger partial charge in [0.1, 0.15) is 6.33 Å². The number of nitrogens with one attached hydrogen (secondary N) is 1. The van der Waals surface area contributed by atoms with Crippen molar-refractivity contribution >= 4 is 11.9 Å². The van der Waals surface area contributed by atoms with Gasteiger partial charge in [0.05, 0.1) is 0 Å².